The van der Waals surface area contributed by atoms with Crippen LogP contribution >= 0.6 is 0 Å². The molecule has 6 nitrogen and oxygen atoms in total. The highest BCUT2D eigenvalue weighted by atomic mass is 16.6. The predicted octanol–water partition coefficient (Wildman–Crippen LogP) is 2.14. The Labute approximate surface area is 123 Å². The largest absolute Gasteiger partial charge is 0.393 e. The normalized spacial score (nSPS) is 20.1. The zero-order valence-corrected chi connectivity index (χ0v) is 12.3. The number of aliphatic hydroxyl groups excluding tert-OH is 1. The fourth-order valence-corrected chi connectivity index (χ4v) is 2.74. The van der Waals surface area contributed by atoms with Gasteiger partial charge < -0.3 is 10.0 Å². The van der Waals surface area contributed by atoms with Gasteiger partial charge >= 0.3 is 0 Å². The number of aryl methyl sites for hydroxylation is 1. The molecule has 0 saturated carbocycles. The number of piperidine rings is 1. The van der Waals surface area contributed by atoms with Crippen LogP contribution in [0.4, 0.5) is 5.69 Å². The van der Waals surface area contributed by atoms with E-state index in [1.54, 1.807) is 30.9 Å². The molecule has 1 N–H and O–H groups in total. The number of aliphatic hydroxyl groups is 1. The molecule has 1 fully saturated rings. The molecule has 2 rings (SSSR count). The molecule has 1 saturated heterocycles. The summed E-state index contributed by atoms with van der Waals surface area (Å²) in [4.78, 5) is 24.8. The van der Waals surface area contributed by atoms with Gasteiger partial charge in [-0.15, -0.1) is 0 Å². The van der Waals surface area contributed by atoms with Crippen LogP contribution in [-0.4, -0.2) is 40.0 Å². The maximum absolute atomic E-state index is 12.6. The first-order valence-corrected chi connectivity index (χ1v) is 7.12. The van der Waals surface area contributed by atoms with E-state index in [0.29, 0.717) is 13.1 Å². The van der Waals surface area contributed by atoms with Crippen LogP contribution in [0.3, 0.4) is 0 Å². The van der Waals surface area contributed by atoms with E-state index >= 15 is 0 Å². The Kier molecular flexibility index (Phi) is 4.57. The first-order chi connectivity index (χ1) is 9.90. The van der Waals surface area contributed by atoms with Crippen LogP contribution in [0, 0.1) is 23.0 Å². The highest BCUT2D eigenvalue weighted by Gasteiger charge is 2.30. The summed E-state index contributed by atoms with van der Waals surface area (Å²) in [5.41, 5.74) is 0.782. The first kappa shape index (κ1) is 15.4. The van der Waals surface area contributed by atoms with Gasteiger partial charge in [0.1, 0.15) is 5.56 Å². The smallest absolute Gasteiger partial charge is 0.282 e. The molecule has 1 aromatic rings. The summed E-state index contributed by atoms with van der Waals surface area (Å²) < 4.78 is 0. The number of rotatable bonds is 3. The van der Waals surface area contributed by atoms with E-state index < -0.39 is 11.0 Å². The number of hydrogen-bond acceptors (Lipinski definition) is 4. The summed E-state index contributed by atoms with van der Waals surface area (Å²) in [5, 5.41) is 20.8. The van der Waals surface area contributed by atoms with Gasteiger partial charge in [-0.25, -0.2) is 0 Å². The average Bonchev–Trinajstić information content (AvgIpc) is 2.46. The summed E-state index contributed by atoms with van der Waals surface area (Å²) >= 11 is 0. The van der Waals surface area contributed by atoms with Gasteiger partial charge in [0, 0.05) is 25.1 Å². The van der Waals surface area contributed by atoms with Crippen LogP contribution in [0.5, 0.6) is 0 Å². The van der Waals surface area contributed by atoms with Gasteiger partial charge in [-0.1, -0.05) is 6.07 Å². The summed E-state index contributed by atoms with van der Waals surface area (Å²) in [6.07, 6.45) is 1.20. The van der Waals surface area contributed by atoms with Crippen molar-refractivity contribution in [1.82, 2.24) is 4.90 Å². The predicted molar refractivity (Wildman–Crippen MR) is 78.1 cm³/mol. The molecule has 114 valence electrons. The summed E-state index contributed by atoms with van der Waals surface area (Å²) in [6.45, 7) is 4.54. The molecule has 0 aromatic heterocycles. The van der Waals surface area contributed by atoms with Gasteiger partial charge in [-0.05, 0) is 38.3 Å². The molecule has 1 aliphatic rings. The monoisotopic (exact) mass is 292 g/mol. The number of nitro benzene ring substituents is 1. The highest BCUT2D eigenvalue weighted by molar-refractivity contribution is 5.98. The number of nitro groups is 1. The van der Waals surface area contributed by atoms with Crippen molar-refractivity contribution in [2.75, 3.05) is 13.1 Å². The third kappa shape index (κ3) is 3.39. The second-order valence-corrected chi connectivity index (χ2v) is 5.67. The van der Waals surface area contributed by atoms with Crippen LogP contribution in [-0.2, 0) is 0 Å². The maximum atomic E-state index is 12.6. The van der Waals surface area contributed by atoms with Crippen LogP contribution in [0.2, 0.25) is 0 Å². The minimum atomic E-state index is -0.525. The standard InChI is InChI=1S/C15H20N2O4/c1-10-5-6-14(17(20)21)13(8-10)15(19)16-7-3-4-12(9-16)11(2)18/h5-6,8,11-12,18H,3-4,7,9H2,1-2H3. The van der Waals surface area contributed by atoms with Gasteiger partial charge in [0.05, 0.1) is 11.0 Å². The zero-order chi connectivity index (χ0) is 15.6. The lowest BCUT2D eigenvalue weighted by molar-refractivity contribution is -0.385. The number of amides is 1. The van der Waals surface area contributed by atoms with E-state index in [9.17, 15) is 20.0 Å². The molecule has 0 radical (unpaired) electrons. The molecule has 21 heavy (non-hydrogen) atoms. The molecule has 6 heteroatoms. The molecule has 0 bridgehead atoms. The van der Waals surface area contributed by atoms with Crippen molar-refractivity contribution in [3.8, 4) is 0 Å². The lowest BCUT2D eigenvalue weighted by atomic mass is 9.93. The van der Waals surface area contributed by atoms with Crippen molar-refractivity contribution in [2.45, 2.75) is 32.8 Å². The highest BCUT2D eigenvalue weighted by Crippen LogP contribution is 2.25. The second-order valence-electron chi connectivity index (χ2n) is 5.67. The topological polar surface area (TPSA) is 83.7 Å². The Hall–Kier alpha value is -1.95. The number of likely N-dealkylation sites (tertiary alicyclic amines) is 1. The Morgan fingerprint density at radius 1 is 1.52 bits per heavy atom. The second kappa shape index (κ2) is 6.22. The number of carbonyl (C=O) groups excluding carboxylic acids is 1. The Bertz CT molecular complexity index is 557. The average molecular weight is 292 g/mol. The van der Waals surface area contributed by atoms with Gasteiger partial charge in [-0.3, -0.25) is 14.9 Å². The quantitative estimate of drug-likeness (QED) is 0.683. The Balaban J connectivity index is 2.27. The molecular weight excluding hydrogens is 272 g/mol. The molecule has 1 aromatic carbocycles. The third-order valence-corrected chi connectivity index (χ3v) is 4.01. The van der Waals surface area contributed by atoms with Crippen molar-refractivity contribution in [1.29, 1.82) is 0 Å². The minimum Gasteiger partial charge on any atom is -0.393 e. The maximum Gasteiger partial charge on any atom is 0.282 e. The number of hydrogen-bond donors (Lipinski definition) is 1. The fourth-order valence-electron chi connectivity index (χ4n) is 2.74. The molecule has 2 atom stereocenters. The van der Waals surface area contributed by atoms with E-state index in [1.807, 2.05) is 0 Å². The lowest BCUT2D eigenvalue weighted by Gasteiger charge is -2.34. The Morgan fingerprint density at radius 3 is 2.86 bits per heavy atom. The minimum absolute atomic E-state index is 0.0339. The fraction of sp³-hybridized carbons (Fsp3) is 0.533. The van der Waals surface area contributed by atoms with Gasteiger partial charge in [0.15, 0.2) is 0 Å². The summed E-state index contributed by atoms with van der Waals surface area (Å²) in [6, 6.07) is 4.56. The van der Waals surface area contributed by atoms with Crippen LogP contribution in [0.25, 0.3) is 0 Å². The molecule has 1 aliphatic heterocycles. The molecular formula is C15H20N2O4. The van der Waals surface area contributed by atoms with Gasteiger partial charge in [0.25, 0.3) is 11.6 Å². The van der Waals surface area contributed by atoms with E-state index in [2.05, 4.69) is 0 Å². The van der Waals surface area contributed by atoms with E-state index in [1.165, 1.54) is 6.07 Å². The zero-order valence-electron chi connectivity index (χ0n) is 12.3. The molecule has 1 heterocycles. The molecule has 0 spiro atoms. The van der Waals surface area contributed by atoms with E-state index in [-0.39, 0.29) is 23.1 Å². The van der Waals surface area contributed by atoms with Crippen LogP contribution in [0.15, 0.2) is 18.2 Å². The van der Waals surface area contributed by atoms with Gasteiger partial charge in [-0.2, -0.15) is 0 Å². The van der Waals surface area contributed by atoms with Crippen LogP contribution < -0.4 is 0 Å². The van der Waals surface area contributed by atoms with Crippen molar-refractivity contribution >= 4 is 11.6 Å². The number of benzene rings is 1. The summed E-state index contributed by atoms with van der Waals surface area (Å²) in [7, 11) is 0. The van der Waals surface area contributed by atoms with Crippen LogP contribution in [0.1, 0.15) is 35.7 Å². The number of nitrogens with zero attached hydrogens (tertiary/aromatic N) is 2. The molecule has 2 unspecified atom stereocenters. The summed E-state index contributed by atoms with van der Waals surface area (Å²) in [5.74, 6) is -0.290. The third-order valence-electron chi connectivity index (χ3n) is 4.01. The van der Waals surface area contributed by atoms with E-state index in [4.69, 9.17) is 0 Å². The van der Waals surface area contributed by atoms with Crippen molar-refractivity contribution < 1.29 is 14.8 Å². The van der Waals surface area contributed by atoms with Crippen molar-refractivity contribution in [3.63, 3.8) is 0 Å². The van der Waals surface area contributed by atoms with Crippen molar-refractivity contribution in [3.05, 3.63) is 39.4 Å². The lowest BCUT2D eigenvalue weighted by Crippen LogP contribution is -2.43. The molecule has 1 amide bonds. The molecule has 0 aliphatic carbocycles. The van der Waals surface area contributed by atoms with E-state index in [0.717, 1.165) is 18.4 Å². The SMILES string of the molecule is Cc1ccc([N+](=O)[O-])c(C(=O)N2CCCC(C(C)O)C2)c1. The van der Waals surface area contributed by atoms with Gasteiger partial charge in [0.2, 0.25) is 0 Å². The first-order valence-electron chi connectivity index (χ1n) is 7.12. The van der Waals surface area contributed by atoms with Crippen molar-refractivity contribution in [2.24, 2.45) is 5.92 Å². The Morgan fingerprint density at radius 2 is 2.24 bits per heavy atom. The number of carbonyl (C=O) groups is 1.